The predicted octanol–water partition coefficient (Wildman–Crippen LogP) is 3.41. The van der Waals surface area contributed by atoms with Crippen molar-refractivity contribution in [2.45, 2.75) is 6.42 Å². The zero-order chi connectivity index (χ0) is 14.7. The molecule has 0 spiro atoms. The number of anilines is 2. The van der Waals surface area contributed by atoms with E-state index < -0.39 is 0 Å². The Morgan fingerprint density at radius 3 is 2.76 bits per heavy atom. The normalized spacial score (nSPS) is 10.8. The monoisotopic (exact) mass is 298 g/mol. The van der Waals surface area contributed by atoms with Gasteiger partial charge in [-0.05, 0) is 30.0 Å². The molecular formula is C16H18N4S. The lowest BCUT2D eigenvalue weighted by Gasteiger charge is -2.20. The molecule has 0 saturated carbocycles. The number of thiophene rings is 1. The molecule has 0 aliphatic heterocycles. The Hall–Kier alpha value is -2.14. The smallest absolute Gasteiger partial charge is 0.224 e. The Bertz CT molecular complexity index is 724. The summed E-state index contributed by atoms with van der Waals surface area (Å²) in [5.41, 5.74) is 0.967. The van der Waals surface area contributed by atoms with Crippen LogP contribution in [0.25, 0.3) is 10.9 Å². The Balaban J connectivity index is 1.90. The van der Waals surface area contributed by atoms with Crippen molar-refractivity contribution < 1.29 is 0 Å². The number of para-hydroxylation sites is 1. The fraction of sp³-hybridized carbons (Fsp3) is 0.250. The van der Waals surface area contributed by atoms with Crippen LogP contribution >= 0.6 is 11.3 Å². The minimum Gasteiger partial charge on any atom is -0.359 e. The van der Waals surface area contributed by atoms with Gasteiger partial charge in [-0.2, -0.15) is 4.98 Å². The molecule has 0 atom stereocenters. The van der Waals surface area contributed by atoms with Crippen molar-refractivity contribution in [2.24, 2.45) is 0 Å². The van der Waals surface area contributed by atoms with E-state index in [0.717, 1.165) is 29.7 Å². The second kappa shape index (κ2) is 6.10. The van der Waals surface area contributed by atoms with Crippen LogP contribution in [0.15, 0.2) is 41.8 Å². The van der Waals surface area contributed by atoms with Crippen LogP contribution < -0.4 is 10.2 Å². The molecule has 0 fully saturated rings. The fourth-order valence-corrected chi connectivity index (χ4v) is 3.00. The zero-order valence-corrected chi connectivity index (χ0v) is 13.0. The van der Waals surface area contributed by atoms with E-state index >= 15 is 0 Å². The lowest BCUT2D eigenvalue weighted by molar-refractivity contribution is 0.872. The van der Waals surface area contributed by atoms with Gasteiger partial charge in [0.15, 0.2) is 0 Å². The van der Waals surface area contributed by atoms with Crippen molar-refractivity contribution in [3.63, 3.8) is 0 Å². The molecule has 21 heavy (non-hydrogen) atoms. The van der Waals surface area contributed by atoms with Crippen LogP contribution in [0, 0.1) is 0 Å². The second-order valence-electron chi connectivity index (χ2n) is 4.89. The van der Waals surface area contributed by atoms with E-state index in [4.69, 9.17) is 0 Å². The molecule has 0 unspecified atom stereocenters. The minimum absolute atomic E-state index is 0.659. The third kappa shape index (κ3) is 2.97. The number of hydrogen-bond donors (Lipinski definition) is 1. The van der Waals surface area contributed by atoms with Crippen LogP contribution in [0.5, 0.6) is 0 Å². The van der Waals surface area contributed by atoms with Crippen molar-refractivity contribution in [2.75, 3.05) is 30.9 Å². The zero-order valence-electron chi connectivity index (χ0n) is 12.2. The summed E-state index contributed by atoms with van der Waals surface area (Å²) in [7, 11) is 3.93. The Morgan fingerprint density at radius 2 is 2.00 bits per heavy atom. The average molecular weight is 298 g/mol. The van der Waals surface area contributed by atoms with Crippen molar-refractivity contribution in [1.82, 2.24) is 9.97 Å². The van der Waals surface area contributed by atoms with Gasteiger partial charge in [0.25, 0.3) is 0 Å². The second-order valence-corrected chi connectivity index (χ2v) is 5.92. The topological polar surface area (TPSA) is 41.1 Å². The molecule has 3 aromatic rings. The summed E-state index contributed by atoms with van der Waals surface area (Å²) in [6, 6.07) is 12.4. The van der Waals surface area contributed by atoms with Crippen LogP contribution in [0.3, 0.4) is 0 Å². The largest absolute Gasteiger partial charge is 0.359 e. The van der Waals surface area contributed by atoms with E-state index in [1.807, 2.05) is 25.2 Å². The first-order chi connectivity index (χ1) is 10.3. The van der Waals surface area contributed by atoms with E-state index in [9.17, 15) is 0 Å². The molecule has 4 nitrogen and oxygen atoms in total. The average Bonchev–Trinajstić information content (AvgIpc) is 3.05. The molecule has 0 saturated heterocycles. The summed E-state index contributed by atoms with van der Waals surface area (Å²) in [4.78, 5) is 12.7. The van der Waals surface area contributed by atoms with Crippen molar-refractivity contribution in [3.05, 3.63) is 46.7 Å². The Morgan fingerprint density at radius 1 is 1.14 bits per heavy atom. The Labute approximate surface area is 128 Å². The molecule has 3 rings (SSSR count). The fourth-order valence-electron chi connectivity index (χ4n) is 2.30. The van der Waals surface area contributed by atoms with Crippen LogP contribution in [-0.4, -0.2) is 30.6 Å². The highest BCUT2D eigenvalue weighted by molar-refractivity contribution is 7.09. The number of benzene rings is 1. The number of nitrogens with one attached hydrogen (secondary N) is 1. The van der Waals surface area contributed by atoms with E-state index in [2.05, 4.69) is 50.8 Å². The van der Waals surface area contributed by atoms with Gasteiger partial charge in [0.05, 0.1) is 5.52 Å². The summed E-state index contributed by atoms with van der Waals surface area (Å²) < 4.78 is 0. The highest BCUT2D eigenvalue weighted by Crippen LogP contribution is 2.24. The minimum atomic E-state index is 0.659. The molecule has 108 valence electrons. The number of hydrogen-bond acceptors (Lipinski definition) is 5. The number of nitrogens with zero attached hydrogens (tertiary/aromatic N) is 3. The molecule has 1 N–H and O–H groups in total. The van der Waals surface area contributed by atoms with E-state index in [1.54, 1.807) is 11.3 Å². The quantitative estimate of drug-likeness (QED) is 0.783. The van der Waals surface area contributed by atoms with Crippen molar-refractivity contribution >= 4 is 34.0 Å². The van der Waals surface area contributed by atoms with Crippen LogP contribution in [0.1, 0.15) is 4.88 Å². The summed E-state index contributed by atoms with van der Waals surface area (Å²) >= 11 is 1.80. The van der Waals surface area contributed by atoms with Crippen LogP contribution in [0.2, 0.25) is 0 Å². The van der Waals surface area contributed by atoms with Gasteiger partial charge in [0.2, 0.25) is 5.95 Å². The van der Waals surface area contributed by atoms with Gasteiger partial charge in [-0.25, -0.2) is 4.98 Å². The summed E-state index contributed by atoms with van der Waals surface area (Å²) in [5, 5.41) is 6.24. The van der Waals surface area contributed by atoms with Gasteiger partial charge < -0.3 is 10.2 Å². The van der Waals surface area contributed by atoms with Gasteiger partial charge in [-0.3, -0.25) is 0 Å². The van der Waals surface area contributed by atoms with Gasteiger partial charge in [-0.15, -0.1) is 11.3 Å². The standard InChI is InChI=1S/C16H18N4S/c1-17-16-18-14-8-4-3-7-13(14)15(19-16)20(2)10-9-12-6-5-11-21-12/h3-8,11H,9-10H2,1-2H3,(H,17,18,19). The first kappa shape index (κ1) is 13.8. The van der Waals surface area contributed by atoms with Gasteiger partial charge in [0.1, 0.15) is 5.82 Å². The molecule has 2 aromatic heterocycles. The summed E-state index contributed by atoms with van der Waals surface area (Å²) in [6.07, 6.45) is 1.03. The van der Waals surface area contributed by atoms with Gasteiger partial charge in [-0.1, -0.05) is 18.2 Å². The maximum atomic E-state index is 4.63. The SMILES string of the molecule is CNc1nc(N(C)CCc2cccs2)c2ccccc2n1. The summed E-state index contributed by atoms with van der Waals surface area (Å²) in [5.74, 6) is 1.63. The molecule has 1 aromatic carbocycles. The molecule has 5 heteroatoms. The summed E-state index contributed by atoms with van der Waals surface area (Å²) in [6.45, 7) is 0.935. The molecule has 2 heterocycles. The number of aromatic nitrogens is 2. The van der Waals surface area contributed by atoms with Gasteiger partial charge in [0, 0.05) is 30.9 Å². The van der Waals surface area contributed by atoms with Crippen LogP contribution in [-0.2, 0) is 6.42 Å². The van der Waals surface area contributed by atoms with Crippen LogP contribution in [0.4, 0.5) is 11.8 Å². The maximum absolute atomic E-state index is 4.63. The lowest BCUT2D eigenvalue weighted by Crippen LogP contribution is -2.22. The van der Waals surface area contributed by atoms with Gasteiger partial charge >= 0.3 is 0 Å². The number of likely N-dealkylation sites (N-methyl/N-ethyl adjacent to an activating group) is 1. The third-order valence-electron chi connectivity index (χ3n) is 3.44. The van der Waals surface area contributed by atoms with E-state index in [0.29, 0.717) is 5.95 Å². The molecule has 0 aliphatic rings. The maximum Gasteiger partial charge on any atom is 0.224 e. The first-order valence-corrected chi connectivity index (χ1v) is 7.84. The highest BCUT2D eigenvalue weighted by Gasteiger charge is 2.11. The Kier molecular flexibility index (Phi) is 4.01. The van der Waals surface area contributed by atoms with E-state index in [-0.39, 0.29) is 0 Å². The number of rotatable bonds is 5. The van der Waals surface area contributed by atoms with Crippen molar-refractivity contribution in [3.8, 4) is 0 Å². The highest BCUT2D eigenvalue weighted by atomic mass is 32.1. The van der Waals surface area contributed by atoms with E-state index in [1.165, 1.54) is 4.88 Å². The molecular weight excluding hydrogens is 280 g/mol. The van der Waals surface area contributed by atoms with Crippen molar-refractivity contribution in [1.29, 1.82) is 0 Å². The predicted molar refractivity (Wildman–Crippen MR) is 90.4 cm³/mol. The molecule has 0 bridgehead atoms. The first-order valence-electron chi connectivity index (χ1n) is 6.96. The number of fused-ring (bicyclic) bond motifs is 1. The molecule has 0 amide bonds. The molecule has 0 aliphatic carbocycles. The third-order valence-corrected chi connectivity index (χ3v) is 4.38. The lowest BCUT2D eigenvalue weighted by atomic mass is 10.2. The molecule has 0 radical (unpaired) electrons.